The number of para-hydroxylation sites is 1. The van der Waals surface area contributed by atoms with Crippen molar-refractivity contribution in [1.29, 1.82) is 0 Å². The van der Waals surface area contributed by atoms with Crippen molar-refractivity contribution in [2.24, 2.45) is 13.0 Å². The second-order valence-corrected chi connectivity index (χ2v) is 6.78. The molecule has 11 heteroatoms. The topological polar surface area (TPSA) is 147 Å². The average Bonchev–Trinajstić information content (AvgIpc) is 3.50. The number of phenolic OH excluding ortho intramolecular Hbond substituents is 1. The van der Waals surface area contributed by atoms with E-state index in [1.54, 1.807) is 19.2 Å². The van der Waals surface area contributed by atoms with Crippen LogP contribution in [0.4, 0.5) is 17.2 Å². The fourth-order valence-electron chi connectivity index (χ4n) is 2.78. The molecule has 2 aromatic heterocycles. The highest BCUT2D eigenvalue weighted by molar-refractivity contribution is 6.00. The summed E-state index contributed by atoms with van der Waals surface area (Å²) in [7, 11) is 1.69. The molecule has 1 aliphatic carbocycles. The number of hydrogen-bond donors (Lipinski definition) is 4. The number of hydrogen-bond acceptors (Lipinski definition) is 8. The van der Waals surface area contributed by atoms with Crippen LogP contribution in [-0.2, 0) is 11.8 Å². The molecule has 0 unspecified atom stereocenters. The number of aryl methyl sites for hydroxylation is 1. The number of nitrogens with zero attached hydrogens (tertiary/aromatic N) is 5. The first kappa shape index (κ1) is 15.9. The van der Waals surface area contributed by atoms with Gasteiger partial charge in [-0.25, -0.2) is 4.98 Å². The van der Waals surface area contributed by atoms with Crippen molar-refractivity contribution in [3.63, 3.8) is 0 Å². The Labute approximate surface area is 175 Å². The van der Waals surface area contributed by atoms with Gasteiger partial charge >= 0.3 is 0 Å². The van der Waals surface area contributed by atoms with E-state index in [4.69, 9.17) is 4.11 Å². The molecule has 1 fully saturated rings. The monoisotopic (exact) mass is 411 g/mol. The lowest BCUT2D eigenvalue weighted by Crippen LogP contribution is -2.22. The summed E-state index contributed by atoms with van der Waals surface area (Å²) >= 11 is 0. The number of aromatic nitrogens is 5. The van der Waals surface area contributed by atoms with Crippen LogP contribution < -0.4 is 16.0 Å². The molecule has 3 aromatic rings. The Morgan fingerprint density at radius 1 is 1.27 bits per heavy atom. The van der Waals surface area contributed by atoms with Crippen molar-refractivity contribution in [2.75, 3.05) is 17.6 Å². The zero-order valence-corrected chi connectivity index (χ0v) is 15.9. The molecule has 4 N–H and O–H groups in total. The molecule has 0 spiro atoms. The fourth-order valence-corrected chi connectivity index (χ4v) is 2.78. The lowest BCUT2D eigenvalue weighted by Gasteiger charge is -2.14. The molecular formula is C19H20N8O3. The van der Waals surface area contributed by atoms with Crippen LogP contribution in [0.1, 0.15) is 27.4 Å². The van der Waals surface area contributed by atoms with Crippen LogP contribution >= 0.6 is 0 Å². The zero-order chi connectivity index (χ0) is 23.8. The van der Waals surface area contributed by atoms with Gasteiger partial charge < -0.3 is 21.1 Å². The molecule has 1 aromatic carbocycles. The normalized spacial score (nSPS) is 14.9. The van der Waals surface area contributed by atoms with Crippen LogP contribution in [-0.4, -0.2) is 48.9 Å². The first-order valence-corrected chi connectivity index (χ1v) is 9.07. The second-order valence-electron chi connectivity index (χ2n) is 6.78. The van der Waals surface area contributed by atoms with Gasteiger partial charge in [-0.3, -0.25) is 14.3 Å². The summed E-state index contributed by atoms with van der Waals surface area (Å²) < 4.78 is 23.3. The Morgan fingerprint density at radius 3 is 2.80 bits per heavy atom. The van der Waals surface area contributed by atoms with Crippen molar-refractivity contribution in [3.05, 3.63) is 36.3 Å². The molecule has 1 aliphatic rings. The Balaban J connectivity index is 1.69. The fraction of sp³-hybridized carbons (Fsp3) is 0.263. The Morgan fingerprint density at radius 2 is 2.10 bits per heavy atom. The first-order valence-electron chi connectivity index (χ1n) is 10.6. The third-order valence-electron chi connectivity index (χ3n) is 4.47. The predicted molar refractivity (Wildman–Crippen MR) is 108 cm³/mol. The lowest BCUT2D eigenvalue weighted by molar-refractivity contribution is -0.117. The molecule has 0 saturated heterocycles. The zero-order valence-electron chi connectivity index (χ0n) is 18.9. The molecule has 0 atom stereocenters. The average molecular weight is 411 g/mol. The number of benzene rings is 1. The van der Waals surface area contributed by atoms with Gasteiger partial charge in [-0.15, -0.1) is 10.2 Å². The van der Waals surface area contributed by atoms with E-state index in [0.29, 0.717) is 5.56 Å². The third kappa shape index (κ3) is 3.90. The molecule has 0 radical (unpaired) electrons. The SMILES string of the molecule is [2H]C([2H])([2H])NC(=O)c1nnc(NC(=O)C2CC2)cc1Nc1cccc(-c2ncn(C)n2)c1O. The highest BCUT2D eigenvalue weighted by Crippen LogP contribution is 2.36. The molecule has 4 rings (SSSR count). The van der Waals surface area contributed by atoms with Crippen molar-refractivity contribution in [1.82, 2.24) is 30.3 Å². The summed E-state index contributed by atoms with van der Waals surface area (Å²) in [5.74, 6) is -1.17. The van der Waals surface area contributed by atoms with Gasteiger partial charge in [0.05, 0.1) is 16.9 Å². The molecule has 2 heterocycles. The minimum atomic E-state index is -2.75. The Bertz CT molecular complexity index is 1220. The number of aromatic hydroxyl groups is 1. The standard InChI is InChI=1S/C19H20N8O3/c1-20-19(30)15-13(8-14(24-25-15)23-18(29)10-6-7-10)22-12-5-3-4-11(16(12)28)17-21-9-27(2)26-17/h3-5,8-10,28H,6-7H2,1-2H3,(H,20,30)(H2,22,23,24,29)/i1D3. The van der Waals surface area contributed by atoms with E-state index in [9.17, 15) is 14.7 Å². The van der Waals surface area contributed by atoms with Gasteiger partial charge in [-0.2, -0.15) is 5.10 Å². The molecular weight excluding hydrogens is 388 g/mol. The number of carbonyl (C=O) groups excluding carboxylic acids is 2. The summed E-state index contributed by atoms with van der Waals surface area (Å²) in [6.45, 7) is -2.75. The quantitative estimate of drug-likeness (QED) is 0.445. The van der Waals surface area contributed by atoms with Gasteiger partial charge in [0, 0.05) is 30.1 Å². The summed E-state index contributed by atoms with van der Waals surface area (Å²) in [6, 6.07) is 6.13. The molecule has 0 bridgehead atoms. The Kier molecular flexibility index (Phi) is 4.11. The molecule has 154 valence electrons. The van der Waals surface area contributed by atoms with Crippen LogP contribution in [0.3, 0.4) is 0 Å². The summed E-state index contributed by atoms with van der Waals surface area (Å²) in [6.07, 6.45) is 3.05. The van der Waals surface area contributed by atoms with Crippen LogP contribution in [0.2, 0.25) is 0 Å². The van der Waals surface area contributed by atoms with Gasteiger partial charge in [0.2, 0.25) is 5.91 Å². The number of nitrogens with one attached hydrogen (secondary N) is 3. The number of phenols is 1. The van der Waals surface area contributed by atoms with Crippen molar-refractivity contribution in [2.45, 2.75) is 12.8 Å². The molecule has 11 nitrogen and oxygen atoms in total. The molecule has 30 heavy (non-hydrogen) atoms. The maximum Gasteiger partial charge on any atom is 0.273 e. The van der Waals surface area contributed by atoms with Gasteiger partial charge in [-0.1, -0.05) is 6.07 Å². The van der Waals surface area contributed by atoms with Gasteiger partial charge in [0.25, 0.3) is 5.91 Å². The summed E-state index contributed by atoms with van der Waals surface area (Å²) in [5.41, 5.74) is 0.198. The maximum absolute atomic E-state index is 12.5. The minimum Gasteiger partial charge on any atom is -0.505 e. The van der Waals surface area contributed by atoms with Crippen LogP contribution in [0.15, 0.2) is 30.6 Å². The summed E-state index contributed by atoms with van der Waals surface area (Å²) in [5, 5.41) is 29.9. The summed E-state index contributed by atoms with van der Waals surface area (Å²) in [4.78, 5) is 28.7. The number of amides is 2. The molecule has 2 amide bonds. The number of carbonyl (C=O) groups is 2. The minimum absolute atomic E-state index is 0.0271. The van der Waals surface area contributed by atoms with E-state index >= 15 is 0 Å². The van der Waals surface area contributed by atoms with Crippen molar-refractivity contribution in [3.8, 4) is 17.1 Å². The van der Waals surface area contributed by atoms with E-state index in [0.717, 1.165) is 12.8 Å². The third-order valence-corrected chi connectivity index (χ3v) is 4.47. The lowest BCUT2D eigenvalue weighted by atomic mass is 10.1. The molecule has 1 saturated carbocycles. The van der Waals surface area contributed by atoms with Crippen molar-refractivity contribution >= 4 is 29.0 Å². The number of anilines is 3. The van der Waals surface area contributed by atoms with Gasteiger partial charge in [0.1, 0.15) is 12.1 Å². The Hall–Kier alpha value is -4.02. The van der Waals surface area contributed by atoms with E-state index < -0.39 is 12.9 Å². The highest BCUT2D eigenvalue weighted by atomic mass is 16.3. The molecule has 0 aliphatic heterocycles. The maximum atomic E-state index is 12.5. The second kappa shape index (κ2) is 7.78. The van der Waals surface area contributed by atoms with E-state index in [1.807, 2.05) is 5.32 Å². The highest BCUT2D eigenvalue weighted by Gasteiger charge is 2.30. The smallest absolute Gasteiger partial charge is 0.273 e. The van der Waals surface area contributed by atoms with Crippen molar-refractivity contribution < 1.29 is 18.8 Å². The predicted octanol–water partition coefficient (Wildman–Crippen LogP) is 1.43. The first-order chi connectivity index (χ1) is 15.6. The van der Waals surface area contributed by atoms with Gasteiger partial charge in [-0.05, 0) is 25.0 Å². The van der Waals surface area contributed by atoms with Crippen LogP contribution in [0, 0.1) is 5.92 Å². The van der Waals surface area contributed by atoms with E-state index in [1.165, 1.54) is 23.1 Å². The number of rotatable bonds is 6. The largest absolute Gasteiger partial charge is 0.505 e. The van der Waals surface area contributed by atoms with Gasteiger partial charge in [0.15, 0.2) is 17.3 Å². The van der Waals surface area contributed by atoms with E-state index in [2.05, 4.69) is 30.9 Å². The van der Waals surface area contributed by atoms with Crippen LogP contribution in [0.5, 0.6) is 5.75 Å². The van der Waals surface area contributed by atoms with E-state index in [-0.39, 0.29) is 46.3 Å². The van der Waals surface area contributed by atoms with Crippen LogP contribution in [0.25, 0.3) is 11.4 Å².